The summed E-state index contributed by atoms with van der Waals surface area (Å²) >= 11 is 0. The molecule has 74 heavy (non-hydrogen) atoms. The second kappa shape index (κ2) is 22.6. The number of pyridine rings is 2. The molecule has 0 aliphatic carbocycles. The van der Waals surface area contributed by atoms with Gasteiger partial charge >= 0.3 is 18.5 Å². The monoisotopic (exact) mass is 1030 g/mol. The molecule has 8 rings (SSSR count). The van der Waals surface area contributed by atoms with Crippen LogP contribution in [0.5, 0.6) is 0 Å². The zero-order valence-electron chi connectivity index (χ0n) is 41.8. The summed E-state index contributed by atoms with van der Waals surface area (Å²) in [4.78, 5) is 45.3. The molecule has 2 amide bonds. The summed E-state index contributed by atoms with van der Waals surface area (Å²) < 4.78 is 120. The average Bonchev–Trinajstić information content (AvgIpc) is 3.35. The molecule has 0 saturated carbocycles. The van der Waals surface area contributed by atoms with Crippen molar-refractivity contribution in [1.82, 2.24) is 30.0 Å². The number of nitrogens with one attached hydrogen (secondary N) is 1. The maximum Gasteiger partial charge on any atom is 0.416 e. The molecule has 392 valence electrons. The lowest BCUT2D eigenvalue weighted by atomic mass is 9.96. The Labute approximate surface area is 424 Å². The van der Waals surface area contributed by atoms with Crippen LogP contribution >= 0.6 is 0 Å². The number of benzene rings is 4. The van der Waals surface area contributed by atoms with Crippen molar-refractivity contribution < 1.29 is 49.1 Å². The second-order valence-electron chi connectivity index (χ2n) is 18.8. The van der Waals surface area contributed by atoms with E-state index in [1.54, 1.807) is 26.2 Å². The quantitative estimate of drug-likeness (QED) is 0.136. The zero-order chi connectivity index (χ0) is 53.7. The van der Waals surface area contributed by atoms with Gasteiger partial charge in [0.15, 0.2) is 0 Å². The van der Waals surface area contributed by atoms with Gasteiger partial charge in [0.1, 0.15) is 11.6 Å². The van der Waals surface area contributed by atoms with Crippen LogP contribution in [0, 0.1) is 20.8 Å². The van der Waals surface area contributed by atoms with E-state index in [-0.39, 0.29) is 29.6 Å². The molecule has 1 N–H and O–H groups in total. The number of likely N-dealkylation sites (N-methyl/N-ethyl adjacent to an activating group) is 1. The Morgan fingerprint density at radius 1 is 0.527 bits per heavy atom. The van der Waals surface area contributed by atoms with Crippen LogP contribution in [0.15, 0.2) is 109 Å². The van der Waals surface area contributed by atoms with Crippen molar-refractivity contribution in [2.24, 2.45) is 0 Å². The number of alkyl halides is 9. The highest BCUT2D eigenvalue weighted by molar-refractivity contribution is 6.02. The molecule has 2 aliphatic rings. The second-order valence-corrected chi connectivity index (χ2v) is 18.8. The summed E-state index contributed by atoms with van der Waals surface area (Å²) in [5, 5.41) is 3.32. The summed E-state index contributed by atoms with van der Waals surface area (Å²) in [5.74, 6) is 0.625. The molecule has 2 aliphatic heterocycles. The molecular formula is C55H57F9N8O2. The third-order valence-electron chi connectivity index (χ3n) is 13.0. The van der Waals surface area contributed by atoms with Crippen LogP contribution in [-0.2, 0) is 31.6 Å². The van der Waals surface area contributed by atoms with Gasteiger partial charge < -0.3 is 29.8 Å². The van der Waals surface area contributed by atoms with Gasteiger partial charge in [-0.05, 0) is 115 Å². The Morgan fingerprint density at radius 3 is 1.34 bits per heavy atom. The number of anilines is 2. The highest BCUT2D eigenvalue weighted by atomic mass is 19.4. The molecule has 4 heterocycles. The lowest BCUT2D eigenvalue weighted by Gasteiger charge is -2.33. The maximum atomic E-state index is 13.6. The van der Waals surface area contributed by atoms with Crippen molar-refractivity contribution in [2.45, 2.75) is 52.4 Å². The summed E-state index contributed by atoms with van der Waals surface area (Å²) in [7, 11) is 4.97. The van der Waals surface area contributed by atoms with E-state index in [0.29, 0.717) is 40.2 Å². The predicted molar refractivity (Wildman–Crippen MR) is 268 cm³/mol. The van der Waals surface area contributed by atoms with Crippen LogP contribution < -0.4 is 15.1 Å². The third kappa shape index (κ3) is 13.4. The van der Waals surface area contributed by atoms with Crippen molar-refractivity contribution >= 4 is 23.5 Å². The average molecular weight is 1030 g/mol. The molecule has 4 aromatic carbocycles. The molecule has 0 unspecified atom stereocenters. The summed E-state index contributed by atoms with van der Waals surface area (Å²) in [6.45, 7) is 11.7. The van der Waals surface area contributed by atoms with E-state index < -0.39 is 47.7 Å². The predicted octanol–water partition coefficient (Wildman–Crippen LogP) is 11.2. The number of aryl methyl sites for hydroxylation is 3. The van der Waals surface area contributed by atoms with E-state index in [2.05, 4.69) is 30.0 Å². The normalized spacial score (nSPS) is 14.6. The number of piperazine rings is 2. The fourth-order valence-corrected chi connectivity index (χ4v) is 9.03. The zero-order valence-corrected chi connectivity index (χ0v) is 41.8. The minimum absolute atomic E-state index is 0.0519. The van der Waals surface area contributed by atoms with Crippen LogP contribution in [0.2, 0.25) is 0 Å². The number of carbonyl (C=O) groups excluding carboxylic acids is 2. The number of halogens is 9. The van der Waals surface area contributed by atoms with Crippen molar-refractivity contribution in [2.75, 3.05) is 83.3 Å². The first-order valence-corrected chi connectivity index (χ1v) is 23.9. The van der Waals surface area contributed by atoms with Gasteiger partial charge in [-0.2, -0.15) is 39.5 Å². The largest absolute Gasteiger partial charge is 0.416 e. The SMILES string of the molecule is Cc1cc(CN(C)C(=O)c2cnc(N3CCNCC3)cc2-c2ccccc2C)cc(C(F)(F)F)c1.Cc1ccccc1-c1cc(N2CCN(C)CC2)ncc1C(=O)N(C)Cc1cc(C(F)(F)F)cc(C(F)(F)F)c1. The molecule has 0 spiro atoms. The van der Waals surface area contributed by atoms with Gasteiger partial charge in [0.2, 0.25) is 0 Å². The Morgan fingerprint density at radius 2 is 0.919 bits per heavy atom. The van der Waals surface area contributed by atoms with E-state index >= 15 is 0 Å². The smallest absolute Gasteiger partial charge is 0.354 e. The first-order valence-electron chi connectivity index (χ1n) is 23.9. The summed E-state index contributed by atoms with van der Waals surface area (Å²) in [6, 6.07) is 24.3. The summed E-state index contributed by atoms with van der Waals surface area (Å²) in [6.07, 6.45) is -11.4. The van der Waals surface area contributed by atoms with Gasteiger partial charge in [0.05, 0.1) is 27.8 Å². The molecule has 0 atom stereocenters. The lowest BCUT2D eigenvalue weighted by Crippen LogP contribution is -2.44. The Balaban J connectivity index is 0.000000217. The first-order chi connectivity index (χ1) is 34.9. The van der Waals surface area contributed by atoms with Crippen molar-refractivity contribution in [1.29, 1.82) is 0 Å². The summed E-state index contributed by atoms with van der Waals surface area (Å²) in [5.41, 5.74) is 2.70. The van der Waals surface area contributed by atoms with Crippen LogP contribution in [0.1, 0.15) is 65.2 Å². The van der Waals surface area contributed by atoms with E-state index in [1.165, 1.54) is 18.1 Å². The highest BCUT2D eigenvalue weighted by Crippen LogP contribution is 2.38. The van der Waals surface area contributed by atoms with Gasteiger partial charge in [-0.3, -0.25) is 9.59 Å². The van der Waals surface area contributed by atoms with Crippen molar-refractivity contribution in [3.63, 3.8) is 0 Å². The van der Waals surface area contributed by atoms with Crippen LogP contribution in [0.4, 0.5) is 51.1 Å². The minimum Gasteiger partial charge on any atom is -0.354 e. The van der Waals surface area contributed by atoms with Crippen LogP contribution in [0.25, 0.3) is 22.3 Å². The number of carbonyl (C=O) groups is 2. The lowest BCUT2D eigenvalue weighted by molar-refractivity contribution is -0.143. The van der Waals surface area contributed by atoms with E-state index in [9.17, 15) is 49.1 Å². The number of hydrogen-bond acceptors (Lipinski definition) is 8. The minimum atomic E-state index is -4.97. The molecule has 0 bridgehead atoms. The number of aromatic nitrogens is 2. The standard InChI is InChI=1S/C28H28F6N4O.C27H29F3N4O/c1-18-6-4-5-7-22(18)23-15-25(38-10-8-36(2)9-11-38)35-16-24(23)26(39)37(3)17-19-12-20(27(29,30)31)14-21(13-19)28(32,33)34;1-18-12-20(14-21(13-18)27(28,29)30)17-33(3)26(35)24-16-32-25(34-10-8-31-9-11-34)15-23(24)22-7-5-4-6-19(22)2/h4-7,12-16H,8-11,17H2,1-3H3;4-7,12-16,31H,8-11,17H2,1-3H3. The molecular weight excluding hydrogens is 976 g/mol. The third-order valence-corrected chi connectivity index (χ3v) is 13.0. The van der Waals surface area contributed by atoms with Crippen molar-refractivity contribution in [3.05, 3.63) is 165 Å². The Bertz CT molecular complexity index is 2930. The highest BCUT2D eigenvalue weighted by Gasteiger charge is 2.37. The number of rotatable bonds is 10. The fraction of sp³-hybridized carbons (Fsp3) is 0.345. The Hall–Kier alpha value is -6.99. The first kappa shape index (κ1) is 54.8. The molecule has 10 nitrogen and oxygen atoms in total. The van der Waals surface area contributed by atoms with Gasteiger partial charge in [-0.1, -0.05) is 60.2 Å². The van der Waals surface area contributed by atoms with E-state index in [1.807, 2.05) is 81.6 Å². The topological polar surface area (TPSA) is 88.1 Å². The molecule has 19 heteroatoms. The van der Waals surface area contributed by atoms with Crippen LogP contribution in [-0.4, -0.2) is 110 Å². The van der Waals surface area contributed by atoms with Crippen molar-refractivity contribution in [3.8, 4) is 22.3 Å². The van der Waals surface area contributed by atoms with Gasteiger partial charge in [0, 0.05) is 91.9 Å². The molecule has 2 saturated heterocycles. The number of amides is 2. The fourth-order valence-electron chi connectivity index (χ4n) is 9.03. The number of hydrogen-bond donors (Lipinski definition) is 1. The van der Waals surface area contributed by atoms with Crippen LogP contribution in [0.3, 0.4) is 0 Å². The van der Waals surface area contributed by atoms with Gasteiger partial charge in [-0.25, -0.2) is 9.97 Å². The van der Waals surface area contributed by atoms with E-state index in [4.69, 9.17) is 0 Å². The number of nitrogens with zero attached hydrogens (tertiary/aromatic N) is 7. The van der Waals surface area contributed by atoms with Gasteiger partial charge in [-0.15, -0.1) is 0 Å². The molecule has 0 radical (unpaired) electrons. The van der Waals surface area contributed by atoms with E-state index in [0.717, 1.165) is 103 Å². The Kier molecular flexibility index (Phi) is 16.8. The molecule has 2 aromatic heterocycles. The molecule has 2 fully saturated rings. The molecule has 6 aromatic rings. The maximum absolute atomic E-state index is 13.6. The van der Waals surface area contributed by atoms with Gasteiger partial charge in [0.25, 0.3) is 11.8 Å².